The Hall–Kier alpha value is -3.15. The first-order valence-corrected chi connectivity index (χ1v) is 9.59. The summed E-state index contributed by atoms with van der Waals surface area (Å²) in [6, 6.07) is 9.05. The highest BCUT2D eigenvalue weighted by molar-refractivity contribution is 5.98. The molecule has 0 radical (unpaired) electrons. The molecular formula is C23H28N2O4. The summed E-state index contributed by atoms with van der Waals surface area (Å²) in [5.74, 6) is -1.45. The molecule has 2 amide bonds. The first-order chi connectivity index (χ1) is 13.6. The largest absolute Gasteiger partial charge is 0.479 e. The molecule has 154 valence electrons. The number of benzene rings is 2. The van der Waals surface area contributed by atoms with Gasteiger partial charge in [0, 0.05) is 17.7 Å². The van der Waals surface area contributed by atoms with Crippen molar-refractivity contribution in [2.75, 3.05) is 5.32 Å². The molecule has 0 saturated heterocycles. The summed E-state index contributed by atoms with van der Waals surface area (Å²) < 4.78 is 0. The van der Waals surface area contributed by atoms with Gasteiger partial charge in [0.2, 0.25) is 5.91 Å². The lowest BCUT2D eigenvalue weighted by molar-refractivity contribution is -0.139. The number of rotatable bonds is 7. The van der Waals surface area contributed by atoms with E-state index in [1.165, 1.54) is 0 Å². The molecule has 0 bridgehead atoms. The lowest BCUT2D eigenvalue weighted by Crippen LogP contribution is -2.33. The van der Waals surface area contributed by atoms with E-state index in [1.54, 1.807) is 37.3 Å². The minimum Gasteiger partial charge on any atom is -0.479 e. The minimum absolute atomic E-state index is 0.0824. The Morgan fingerprint density at radius 2 is 1.62 bits per heavy atom. The van der Waals surface area contributed by atoms with E-state index in [2.05, 4.69) is 10.6 Å². The van der Waals surface area contributed by atoms with Crippen LogP contribution in [0.2, 0.25) is 0 Å². The van der Waals surface area contributed by atoms with Crippen molar-refractivity contribution in [1.82, 2.24) is 5.32 Å². The van der Waals surface area contributed by atoms with Crippen LogP contribution < -0.4 is 10.6 Å². The number of amides is 2. The SMILES string of the molecule is Cc1ccc(C(NC(=O)c2ccc(NC(=O)CC(C)C)c(C)c2)C(=O)O)cc1C. The van der Waals surface area contributed by atoms with Crippen LogP contribution in [0.4, 0.5) is 5.69 Å². The van der Waals surface area contributed by atoms with Crippen LogP contribution in [-0.4, -0.2) is 22.9 Å². The molecule has 0 spiro atoms. The predicted molar refractivity (Wildman–Crippen MR) is 113 cm³/mol. The van der Waals surface area contributed by atoms with Gasteiger partial charge in [-0.3, -0.25) is 9.59 Å². The highest BCUT2D eigenvalue weighted by Gasteiger charge is 2.23. The molecule has 6 nitrogen and oxygen atoms in total. The van der Waals surface area contributed by atoms with Crippen molar-refractivity contribution >= 4 is 23.5 Å². The van der Waals surface area contributed by atoms with Crippen LogP contribution >= 0.6 is 0 Å². The van der Waals surface area contributed by atoms with Gasteiger partial charge in [0.15, 0.2) is 6.04 Å². The van der Waals surface area contributed by atoms with Gasteiger partial charge in [-0.25, -0.2) is 4.79 Å². The molecule has 0 aliphatic carbocycles. The topological polar surface area (TPSA) is 95.5 Å². The standard InChI is InChI=1S/C23H28N2O4/c1-13(2)10-20(26)24-19-9-8-18(12-16(19)5)22(27)25-21(23(28)29)17-7-6-14(3)15(4)11-17/h6-9,11-13,21H,10H2,1-5H3,(H,24,26)(H,25,27)(H,28,29). The monoisotopic (exact) mass is 396 g/mol. The number of hydrogen-bond donors (Lipinski definition) is 3. The maximum atomic E-state index is 12.7. The Morgan fingerprint density at radius 3 is 2.17 bits per heavy atom. The van der Waals surface area contributed by atoms with Crippen molar-refractivity contribution < 1.29 is 19.5 Å². The van der Waals surface area contributed by atoms with Crippen LogP contribution in [0.25, 0.3) is 0 Å². The summed E-state index contributed by atoms with van der Waals surface area (Å²) in [7, 11) is 0. The summed E-state index contributed by atoms with van der Waals surface area (Å²) in [4.78, 5) is 36.4. The summed E-state index contributed by atoms with van der Waals surface area (Å²) in [5, 5.41) is 15.0. The number of hydrogen-bond acceptors (Lipinski definition) is 3. The summed E-state index contributed by atoms with van der Waals surface area (Å²) >= 11 is 0. The molecule has 2 rings (SSSR count). The van der Waals surface area contributed by atoms with Crippen LogP contribution in [0.5, 0.6) is 0 Å². The minimum atomic E-state index is -1.15. The van der Waals surface area contributed by atoms with E-state index < -0.39 is 17.9 Å². The average Bonchev–Trinajstić information content (AvgIpc) is 2.62. The van der Waals surface area contributed by atoms with E-state index in [1.807, 2.05) is 33.8 Å². The Bertz CT molecular complexity index is 934. The van der Waals surface area contributed by atoms with Gasteiger partial charge in [-0.15, -0.1) is 0 Å². The van der Waals surface area contributed by atoms with E-state index in [4.69, 9.17) is 0 Å². The molecule has 1 unspecified atom stereocenters. The van der Waals surface area contributed by atoms with Crippen molar-refractivity contribution in [2.24, 2.45) is 5.92 Å². The van der Waals surface area contributed by atoms with E-state index in [-0.39, 0.29) is 11.8 Å². The normalized spacial score (nSPS) is 11.8. The Kier molecular flexibility index (Phi) is 7.15. The summed E-state index contributed by atoms with van der Waals surface area (Å²) in [5.41, 5.74) is 4.22. The molecule has 0 aliphatic rings. The fourth-order valence-corrected chi connectivity index (χ4v) is 2.96. The third-order valence-corrected chi connectivity index (χ3v) is 4.74. The average molecular weight is 396 g/mol. The Balaban J connectivity index is 2.18. The molecule has 3 N–H and O–H groups in total. The number of nitrogens with one attached hydrogen (secondary N) is 2. The number of aryl methyl sites for hydroxylation is 3. The quantitative estimate of drug-likeness (QED) is 0.655. The summed E-state index contributed by atoms with van der Waals surface area (Å²) in [6.45, 7) is 9.56. The third-order valence-electron chi connectivity index (χ3n) is 4.74. The van der Waals surface area contributed by atoms with Crippen molar-refractivity contribution in [3.63, 3.8) is 0 Å². The van der Waals surface area contributed by atoms with Gasteiger partial charge < -0.3 is 15.7 Å². The lowest BCUT2D eigenvalue weighted by atomic mass is 10.0. The molecule has 29 heavy (non-hydrogen) atoms. The maximum Gasteiger partial charge on any atom is 0.330 e. The van der Waals surface area contributed by atoms with Gasteiger partial charge in [-0.05, 0) is 67.1 Å². The number of carbonyl (C=O) groups excluding carboxylic acids is 2. The van der Waals surface area contributed by atoms with E-state index in [0.29, 0.717) is 23.2 Å². The zero-order valence-electron chi connectivity index (χ0n) is 17.5. The Morgan fingerprint density at radius 1 is 0.931 bits per heavy atom. The number of carboxylic acids is 1. The van der Waals surface area contributed by atoms with Crippen LogP contribution in [0.3, 0.4) is 0 Å². The number of carbonyl (C=O) groups is 3. The summed E-state index contributed by atoms with van der Waals surface area (Å²) in [6.07, 6.45) is 0.415. The number of aliphatic carboxylic acids is 1. The molecular weight excluding hydrogens is 368 g/mol. The third kappa shape index (κ3) is 5.91. The van der Waals surface area contributed by atoms with Crippen molar-refractivity contribution in [2.45, 2.75) is 47.1 Å². The fourth-order valence-electron chi connectivity index (χ4n) is 2.96. The van der Waals surface area contributed by atoms with Gasteiger partial charge in [0.1, 0.15) is 0 Å². The number of anilines is 1. The zero-order chi connectivity index (χ0) is 21.7. The van der Waals surface area contributed by atoms with E-state index >= 15 is 0 Å². The second kappa shape index (κ2) is 9.37. The van der Waals surface area contributed by atoms with E-state index in [0.717, 1.165) is 16.7 Å². The van der Waals surface area contributed by atoms with Crippen molar-refractivity contribution in [1.29, 1.82) is 0 Å². The second-order valence-corrected chi connectivity index (χ2v) is 7.76. The molecule has 0 heterocycles. The van der Waals surface area contributed by atoms with Crippen molar-refractivity contribution in [3.8, 4) is 0 Å². The first kappa shape index (κ1) is 22.1. The van der Waals surface area contributed by atoms with Gasteiger partial charge in [0.05, 0.1) is 0 Å². The maximum absolute atomic E-state index is 12.7. The molecule has 6 heteroatoms. The van der Waals surface area contributed by atoms with Crippen LogP contribution in [-0.2, 0) is 9.59 Å². The smallest absolute Gasteiger partial charge is 0.330 e. The molecule has 1 atom stereocenters. The van der Waals surface area contributed by atoms with Gasteiger partial charge in [-0.2, -0.15) is 0 Å². The Labute approximate surface area is 171 Å². The molecule has 0 aliphatic heterocycles. The first-order valence-electron chi connectivity index (χ1n) is 9.59. The van der Waals surface area contributed by atoms with Crippen LogP contribution in [0.1, 0.15) is 58.9 Å². The number of carboxylic acid groups (broad SMARTS) is 1. The van der Waals surface area contributed by atoms with Crippen molar-refractivity contribution in [3.05, 3.63) is 64.2 Å². The van der Waals surface area contributed by atoms with E-state index in [9.17, 15) is 19.5 Å². The molecule has 2 aromatic rings. The molecule has 0 saturated carbocycles. The second-order valence-electron chi connectivity index (χ2n) is 7.76. The lowest BCUT2D eigenvalue weighted by Gasteiger charge is -2.17. The highest BCUT2D eigenvalue weighted by Crippen LogP contribution is 2.21. The predicted octanol–water partition coefficient (Wildman–Crippen LogP) is 4.15. The van der Waals surface area contributed by atoms with Gasteiger partial charge in [0.25, 0.3) is 5.91 Å². The van der Waals surface area contributed by atoms with Gasteiger partial charge >= 0.3 is 5.97 Å². The van der Waals surface area contributed by atoms with Crippen LogP contribution in [0, 0.1) is 26.7 Å². The fraction of sp³-hybridized carbons (Fsp3) is 0.348. The molecule has 2 aromatic carbocycles. The van der Waals surface area contributed by atoms with Gasteiger partial charge in [-0.1, -0.05) is 32.0 Å². The van der Waals surface area contributed by atoms with Crippen LogP contribution in [0.15, 0.2) is 36.4 Å². The molecule has 0 fully saturated rings. The zero-order valence-corrected chi connectivity index (χ0v) is 17.5. The molecule has 0 aromatic heterocycles. The highest BCUT2D eigenvalue weighted by atomic mass is 16.4.